The molecule has 1 aromatic heterocycles. The van der Waals surface area contributed by atoms with Gasteiger partial charge in [0.15, 0.2) is 6.04 Å². The van der Waals surface area contributed by atoms with Crippen LogP contribution in [0.25, 0.3) is 5.69 Å². The number of nitrogens with one attached hydrogen (secondary N) is 1. The minimum atomic E-state index is -3.45. The molecule has 34 heavy (non-hydrogen) atoms. The summed E-state index contributed by atoms with van der Waals surface area (Å²) in [6.07, 6.45) is 0.306. The number of ether oxygens (including phenoxy) is 1. The quantitative estimate of drug-likeness (QED) is 0.450. The predicted octanol–water partition coefficient (Wildman–Crippen LogP) is 1.39. The van der Waals surface area contributed by atoms with Crippen LogP contribution in [0.15, 0.2) is 36.7 Å². The summed E-state index contributed by atoms with van der Waals surface area (Å²) < 4.78 is 30.6. The van der Waals surface area contributed by atoms with Gasteiger partial charge in [-0.25, -0.2) is 13.6 Å². The second kappa shape index (κ2) is 10.9. The summed E-state index contributed by atoms with van der Waals surface area (Å²) in [6, 6.07) is 4.42. The summed E-state index contributed by atoms with van der Waals surface area (Å²) in [5.74, 6) is -4.94. The van der Waals surface area contributed by atoms with Gasteiger partial charge in [0, 0.05) is 12.6 Å². The minimum absolute atomic E-state index is 0.0227. The number of para-hydroxylation sites is 1. The molecule has 1 aromatic carbocycles. The molecule has 0 bridgehead atoms. The molecule has 3 unspecified atom stereocenters. The fraction of sp³-hybridized carbons (Fsp3) is 0.455. The van der Waals surface area contributed by atoms with Gasteiger partial charge < -0.3 is 15.0 Å². The molecule has 10 nitrogen and oxygen atoms in total. The van der Waals surface area contributed by atoms with Crippen molar-refractivity contribution in [2.75, 3.05) is 13.2 Å². The van der Waals surface area contributed by atoms with E-state index in [0.29, 0.717) is 24.1 Å². The van der Waals surface area contributed by atoms with Crippen LogP contribution in [0.5, 0.6) is 0 Å². The zero-order valence-electron chi connectivity index (χ0n) is 18.7. The predicted molar refractivity (Wildman–Crippen MR) is 114 cm³/mol. The average molecular weight is 477 g/mol. The van der Waals surface area contributed by atoms with Gasteiger partial charge in [-0.3, -0.25) is 14.4 Å². The highest BCUT2D eigenvalue weighted by atomic mass is 19.3. The molecule has 0 saturated carbocycles. The van der Waals surface area contributed by atoms with Gasteiger partial charge in [0.1, 0.15) is 0 Å². The van der Waals surface area contributed by atoms with Crippen molar-refractivity contribution in [2.24, 2.45) is 5.92 Å². The van der Waals surface area contributed by atoms with Crippen molar-refractivity contribution in [3.63, 3.8) is 0 Å². The van der Waals surface area contributed by atoms with Crippen molar-refractivity contribution in [3.05, 3.63) is 42.2 Å². The maximum atomic E-state index is 13.4. The summed E-state index contributed by atoms with van der Waals surface area (Å²) in [5.41, 5.74) is 0.782. The van der Waals surface area contributed by atoms with Crippen molar-refractivity contribution in [1.82, 2.24) is 25.2 Å². The summed E-state index contributed by atoms with van der Waals surface area (Å²) in [5, 5.41) is 10.2. The Morgan fingerprint density at radius 2 is 1.82 bits per heavy atom. The van der Waals surface area contributed by atoms with Crippen LogP contribution in [0.4, 0.5) is 8.78 Å². The number of aromatic nitrogens is 3. The molecule has 0 spiro atoms. The molecule has 1 saturated heterocycles. The first-order chi connectivity index (χ1) is 16.2. The van der Waals surface area contributed by atoms with E-state index in [4.69, 9.17) is 0 Å². The number of benzene rings is 1. The Balaban J connectivity index is 1.78. The molecule has 2 amide bonds. The van der Waals surface area contributed by atoms with Crippen LogP contribution in [-0.2, 0) is 19.1 Å². The van der Waals surface area contributed by atoms with Crippen molar-refractivity contribution < 1.29 is 32.7 Å². The molecule has 12 heteroatoms. The lowest BCUT2D eigenvalue weighted by molar-refractivity contribution is -0.154. The second-order valence-electron chi connectivity index (χ2n) is 7.81. The van der Waals surface area contributed by atoms with Crippen LogP contribution in [0.1, 0.15) is 37.0 Å². The average Bonchev–Trinajstić information content (AvgIpc) is 3.36. The normalized spacial score (nSPS) is 18.9. The SMILES string of the molecule is CCOC(=O)C(NC(=O)C1CCC(C)N(C(=O)c2ccccc2-n2nccn2)C1)C(=O)C(F)F. The Labute approximate surface area is 194 Å². The Morgan fingerprint density at radius 3 is 2.47 bits per heavy atom. The molecule has 3 rings (SSSR count). The monoisotopic (exact) mass is 477 g/mol. The van der Waals surface area contributed by atoms with Gasteiger partial charge in [0.05, 0.1) is 36.2 Å². The summed E-state index contributed by atoms with van der Waals surface area (Å²) in [4.78, 5) is 52.8. The fourth-order valence-electron chi connectivity index (χ4n) is 3.79. The van der Waals surface area contributed by atoms with Gasteiger partial charge in [0.25, 0.3) is 12.3 Å². The second-order valence-corrected chi connectivity index (χ2v) is 7.81. The first-order valence-electron chi connectivity index (χ1n) is 10.8. The summed E-state index contributed by atoms with van der Waals surface area (Å²) >= 11 is 0. The highest BCUT2D eigenvalue weighted by molar-refractivity contribution is 6.07. The van der Waals surface area contributed by atoms with Crippen LogP contribution in [0.2, 0.25) is 0 Å². The zero-order valence-corrected chi connectivity index (χ0v) is 18.7. The first kappa shape index (κ1) is 24.9. The van der Waals surface area contributed by atoms with E-state index in [2.05, 4.69) is 20.3 Å². The summed E-state index contributed by atoms with van der Waals surface area (Å²) in [6.45, 7) is 3.12. The van der Waals surface area contributed by atoms with Gasteiger partial charge in [-0.05, 0) is 38.8 Å². The first-order valence-corrected chi connectivity index (χ1v) is 10.8. The molecule has 1 fully saturated rings. The lowest BCUT2D eigenvalue weighted by Crippen LogP contribution is -2.55. The molecule has 0 radical (unpaired) electrons. The molecule has 3 atom stereocenters. The summed E-state index contributed by atoms with van der Waals surface area (Å²) in [7, 11) is 0. The van der Waals surface area contributed by atoms with Gasteiger partial charge >= 0.3 is 5.97 Å². The number of halogens is 2. The molecule has 1 N–H and O–H groups in total. The van der Waals surface area contributed by atoms with E-state index in [1.807, 2.05) is 6.92 Å². The number of carbonyl (C=O) groups is 4. The van der Waals surface area contributed by atoms with E-state index in [1.54, 1.807) is 24.3 Å². The largest absolute Gasteiger partial charge is 0.464 e. The lowest BCUT2D eigenvalue weighted by Gasteiger charge is -2.38. The molecular formula is C22H25F2N5O5. The van der Waals surface area contributed by atoms with E-state index >= 15 is 0 Å². The van der Waals surface area contributed by atoms with Crippen molar-refractivity contribution >= 4 is 23.6 Å². The minimum Gasteiger partial charge on any atom is -0.464 e. The highest BCUT2D eigenvalue weighted by Gasteiger charge is 2.39. The van der Waals surface area contributed by atoms with Crippen LogP contribution in [-0.4, -0.2) is 75.1 Å². The lowest BCUT2D eigenvalue weighted by atomic mass is 9.91. The molecule has 1 aliphatic rings. The number of piperidine rings is 1. The van der Waals surface area contributed by atoms with Crippen LogP contribution < -0.4 is 5.32 Å². The molecular weight excluding hydrogens is 452 g/mol. The number of amides is 2. The standard InChI is InChI=1S/C22H25F2N5O5/c1-3-34-22(33)17(18(30)19(23)24)27-20(31)14-9-8-13(2)28(12-14)21(32)15-6-4-5-7-16(15)29-25-10-11-26-29/h4-7,10-11,13-14,17,19H,3,8-9,12H2,1-2H3,(H,27,31). The Morgan fingerprint density at radius 1 is 1.15 bits per heavy atom. The van der Waals surface area contributed by atoms with Crippen molar-refractivity contribution in [2.45, 2.75) is 45.2 Å². The van der Waals surface area contributed by atoms with Crippen LogP contribution in [0, 0.1) is 5.92 Å². The number of likely N-dealkylation sites (tertiary alicyclic amines) is 1. The number of alkyl halides is 2. The number of nitrogens with zero attached hydrogens (tertiary/aromatic N) is 4. The van der Waals surface area contributed by atoms with E-state index in [1.165, 1.54) is 29.0 Å². The number of ketones is 1. The molecule has 1 aliphatic heterocycles. The Hall–Kier alpha value is -3.70. The molecule has 182 valence electrons. The van der Waals surface area contributed by atoms with Gasteiger partial charge in [-0.2, -0.15) is 15.0 Å². The topological polar surface area (TPSA) is 123 Å². The van der Waals surface area contributed by atoms with Crippen molar-refractivity contribution in [1.29, 1.82) is 0 Å². The number of esters is 1. The van der Waals surface area contributed by atoms with E-state index in [0.717, 1.165) is 0 Å². The molecule has 2 aromatic rings. The number of rotatable bonds is 8. The fourth-order valence-corrected chi connectivity index (χ4v) is 3.79. The highest BCUT2D eigenvalue weighted by Crippen LogP contribution is 2.26. The maximum Gasteiger partial charge on any atom is 0.336 e. The third kappa shape index (κ3) is 5.43. The van der Waals surface area contributed by atoms with Gasteiger partial charge in [0.2, 0.25) is 11.7 Å². The number of hydrogen-bond acceptors (Lipinski definition) is 7. The Bertz CT molecular complexity index is 1050. The number of Topliss-reactive ketones (excluding diaryl/α,β-unsaturated/α-hetero) is 1. The van der Waals surface area contributed by atoms with Gasteiger partial charge in [-0.1, -0.05) is 12.1 Å². The smallest absolute Gasteiger partial charge is 0.336 e. The number of carbonyl (C=O) groups excluding carboxylic acids is 4. The third-order valence-electron chi connectivity index (χ3n) is 5.59. The third-order valence-corrected chi connectivity index (χ3v) is 5.59. The molecule has 2 heterocycles. The van der Waals surface area contributed by atoms with E-state index in [-0.39, 0.29) is 25.1 Å². The van der Waals surface area contributed by atoms with E-state index in [9.17, 15) is 28.0 Å². The van der Waals surface area contributed by atoms with Gasteiger partial charge in [-0.15, -0.1) is 0 Å². The van der Waals surface area contributed by atoms with Crippen LogP contribution >= 0.6 is 0 Å². The number of hydrogen-bond donors (Lipinski definition) is 1. The van der Waals surface area contributed by atoms with Crippen molar-refractivity contribution in [3.8, 4) is 5.69 Å². The zero-order chi connectivity index (χ0) is 24.8. The maximum absolute atomic E-state index is 13.4. The molecule has 0 aliphatic carbocycles. The Kier molecular flexibility index (Phi) is 8.03. The van der Waals surface area contributed by atoms with Crippen LogP contribution in [0.3, 0.4) is 0 Å². The van der Waals surface area contributed by atoms with E-state index < -0.39 is 36.0 Å².